The zero-order valence-corrected chi connectivity index (χ0v) is 12.2. The lowest BCUT2D eigenvalue weighted by Gasteiger charge is -2.36. The Morgan fingerprint density at radius 1 is 1.35 bits per heavy atom. The molecule has 114 valence electrons. The van der Waals surface area contributed by atoms with Gasteiger partial charge in [-0.05, 0) is 32.1 Å². The van der Waals surface area contributed by atoms with E-state index in [0.29, 0.717) is 31.3 Å². The average molecular weight is 284 g/mol. The molecule has 2 heterocycles. The molecule has 6 nitrogen and oxygen atoms in total. The number of carboxylic acid groups (broad SMARTS) is 1. The van der Waals surface area contributed by atoms with Crippen LogP contribution in [-0.2, 0) is 9.53 Å². The van der Waals surface area contributed by atoms with Gasteiger partial charge in [0, 0.05) is 25.6 Å². The van der Waals surface area contributed by atoms with Gasteiger partial charge in [0.2, 0.25) is 0 Å². The molecular weight excluding hydrogens is 260 g/mol. The average Bonchev–Trinajstić information content (AvgIpc) is 2.81. The number of carbonyl (C=O) groups is 2. The molecule has 4 atom stereocenters. The molecule has 2 aliphatic heterocycles. The van der Waals surface area contributed by atoms with Crippen LogP contribution in [0.25, 0.3) is 0 Å². The molecular formula is C14H24N2O4. The van der Waals surface area contributed by atoms with Crippen LogP contribution in [0.3, 0.4) is 0 Å². The highest BCUT2D eigenvalue weighted by molar-refractivity contribution is 5.82. The van der Waals surface area contributed by atoms with Gasteiger partial charge in [0.15, 0.2) is 0 Å². The second-order valence-corrected chi connectivity index (χ2v) is 5.99. The summed E-state index contributed by atoms with van der Waals surface area (Å²) in [5.74, 6) is -0.237. The first-order chi connectivity index (χ1) is 9.49. The standard InChI is InChI=1S/C14H24N2O4/c1-9-3-5-16(12(7-9)13(17)18)14(19)15-8-11-4-6-20-10(11)2/h9-12H,3-8H2,1-2H3,(H,15,19)(H,17,18). The van der Waals surface area contributed by atoms with E-state index in [0.717, 1.165) is 19.4 Å². The SMILES string of the molecule is CC1CCN(C(=O)NCC2CCOC2C)C(C(=O)O)C1. The second-order valence-electron chi connectivity index (χ2n) is 5.99. The molecule has 0 saturated carbocycles. The monoisotopic (exact) mass is 284 g/mol. The van der Waals surface area contributed by atoms with Crippen LogP contribution >= 0.6 is 0 Å². The van der Waals surface area contributed by atoms with E-state index in [9.17, 15) is 14.7 Å². The molecule has 2 saturated heterocycles. The molecule has 6 heteroatoms. The quantitative estimate of drug-likeness (QED) is 0.819. The lowest BCUT2D eigenvalue weighted by atomic mass is 9.93. The summed E-state index contributed by atoms with van der Waals surface area (Å²) >= 11 is 0. The minimum absolute atomic E-state index is 0.159. The number of rotatable bonds is 3. The highest BCUT2D eigenvalue weighted by Gasteiger charge is 2.35. The number of hydrogen-bond acceptors (Lipinski definition) is 3. The highest BCUT2D eigenvalue weighted by atomic mass is 16.5. The molecule has 2 rings (SSSR count). The Bertz CT molecular complexity index is 374. The van der Waals surface area contributed by atoms with Crippen LogP contribution < -0.4 is 5.32 Å². The maximum absolute atomic E-state index is 12.2. The topological polar surface area (TPSA) is 78.9 Å². The molecule has 2 amide bonds. The van der Waals surface area contributed by atoms with E-state index in [1.54, 1.807) is 0 Å². The number of aliphatic carboxylic acids is 1. The number of urea groups is 1. The summed E-state index contributed by atoms with van der Waals surface area (Å²) in [5.41, 5.74) is 0. The van der Waals surface area contributed by atoms with Crippen LogP contribution in [0, 0.1) is 11.8 Å². The largest absolute Gasteiger partial charge is 0.480 e. The van der Waals surface area contributed by atoms with Crippen molar-refractivity contribution in [3.63, 3.8) is 0 Å². The van der Waals surface area contributed by atoms with Gasteiger partial charge in [-0.1, -0.05) is 6.92 Å². The number of amides is 2. The molecule has 0 aromatic carbocycles. The van der Waals surface area contributed by atoms with Crippen LogP contribution in [-0.4, -0.2) is 53.8 Å². The summed E-state index contributed by atoms with van der Waals surface area (Å²) in [7, 11) is 0. The third-order valence-electron chi connectivity index (χ3n) is 4.46. The third-order valence-corrected chi connectivity index (χ3v) is 4.46. The van der Waals surface area contributed by atoms with Crippen LogP contribution in [0.4, 0.5) is 4.79 Å². The molecule has 0 aliphatic carbocycles. The van der Waals surface area contributed by atoms with E-state index in [2.05, 4.69) is 5.32 Å². The fourth-order valence-corrected chi connectivity index (χ4v) is 2.98. The Hall–Kier alpha value is -1.30. The summed E-state index contributed by atoms with van der Waals surface area (Å²) in [4.78, 5) is 24.9. The molecule has 0 aromatic heterocycles. The minimum Gasteiger partial charge on any atom is -0.480 e. The molecule has 20 heavy (non-hydrogen) atoms. The Kier molecular flexibility index (Phi) is 4.86. The van der Waals surface area contributed by atoms with Gasteiger partial charge in [-0.25, -0.2) is 9.59 Å². The van der Waals surface area contributed by atoms with E-state index in [-0.39, 0.29) is 12.1 Å². The Labute approximate surface area is 119 Å². The van der Waals surface area contributed by atoms with Crippen molar-refractivity contribution in [1.82, 2.24) is 10.2 Å². The maximum Gasteiger partial charge on any atom is 0.326 e. The van der Waals surface area contributed by atoms with Crippen molar-refractivity contribution >= 4 is 12.0 Å². The first-order valence-corrected chi connectivity index (χ1v) is 7.38. The van der Waals surface area contributed by atoms with E-state index in [1.807, 2.05) is 13.8 Å². The van der Waals surface area contributed by atoms with Crippen molar-refractivity contribution < 1.29 is 19.4 Å². The third kappa shape index (κ3) is 3.42. The van der Waals surface area contributed by atoms with Gasteiger partial charge in [0.25, 0.3) is 0 Å². The van der Waals surface area contributed by atoms with Gasteiger partial charge in [0.05, 0.1) is 6.10 Å². The number of ether oxygens (including phenoxy) is 1. The Balaban J connectivity index is 1.88. The first-order valence-electron chi connectivity index (χ1n) is 7.38. The number of piperidine rings is 1. The van der Waals surface area contributed by atoms with E-state index in [1.165, 1.54) is 4.90 Å². The maximum atomic E-state index is 12.2. The number of carbonyl (C=O) groups excluding carboxylic acids is 1. The normalized spacial score (nSPS) is 34.0. The molecule has 4 unspecified atom stereocenters. The number of hydrogen-bond donors (Lipinski definition) is 2. The zero-order chi connectivity index (χ0) is 14.7. The number of carboxylic acids is 1. The van der Waals surface area contributed by atoms with Crippen molar-refractivity contribution in [3.05, 3.63) is 0 Å². The van der Waals surface area contributed by atoms with Gasteiger partial charge in [-0.2, -0.15) is 0 Å². The minimum atomic E-state index is -0.913. The Morgan fingerprint density at radius 2 is 2.10 bits per heavy atom. The zero-order valence-electron chi connectivity index (χ0n) is 12.2. The molecule has 0 bridgehead atoms. The number of nitrogens with zero attached hydrogens (tertiary/aromatic N) is 1. The van der Waals surface area contributed by atoms with Crippen LogP contribution in [0.15, 0.2) is 0 Å². The van der Waals surface area contributed by atoms with Crippen molar-refractivity contribution in [3.8, 4) is 0 Å². The molecule has 2 N–H and O–H groups in total. The molecule has 2 fully saturated rings. The summed E-state index contributed by atoms with van der Waals surface area (Å²) < 4.78 is 5.46. The Morgan fingerprint density at radius 3 is 2.70 bits per heavy atom. The van der Waals surface area contributed by atoms with Crippen LogP contribution in [0.1, 0.15) is 33.1 Å². The van der Waals surface area contributed by atoms with Gasteiger partial charge in [-0.3, -0.25) is 0 Å². The van der Waals surface area contributed by atoms with Gasteiger partial charge < -0.3 is 20.1 Å². The summed E-state index contributed by atoms with van der Waals surface area (Å²) in [5, 5.41) is 12.1. The number of nitrogens with one attached hydrogen (secondary N) is 1. The molecule has 2 aliphatic rings. The predicted octanol–water partition coefficient (Wildman–Crippen LogP) is 1.31. The van der Waals surface area contributed by atoms with Crippen LogP contribution in [0.5, 0.6) is 0 Å². The number of likely N-dealkylation sites (tertiary alicyclic amines) is 1. The first kappa shape index (κ1) is 15.1. The van der Waals surface area contributed by atoms with E-state index < -0.39 is 12.0 Å². The second kappa shape index (κ2) is 6.43. The van der Waals surface area contributed by atoms with Gasteiger partial charge >= 0.3 is 12.0 Å². The predicted molar refractivity (Wildman–Crippen MR) is 73.4 cm³/mol. The lowest BCUT2D eigenvalue weighted by Crippen LogP contribution is -2.54. The van der Waals surface area contributed by atoms with E-state index in [4.69, 9.17) is 4.74 Å². The molecule has 0 aromatic rings. The fourth-order valence-electron chi connectivity index (χ4n) is 2.98. The van der Waals surface area contributed by atoms with Crippen molar-refractivity contribution in [2.75, 3.05) is 19.7 Å². The lowest BCUT2D eigenvalue weighted by molar-refractivity contribution is -0.143. The summed E-state index contributed by atoms with van der Waals surface area (Å²) in [6, 6.07) is -0.959. The fraction of sp³-hybridized carbons (Fsp3) is 0.857. The summed E-state index contributed by atoms with van der Waals surface area (Å²) in [6.07, 6.45) is 2.50. The van der Waals surface area contributed by atoms with Crippen molar-refractivity contribution in [2.24, 2.45) is 11.8 Å². The van der Waals surface area contributed by atoms with Gasteiger partial charge in [-0.15, -0.1) is 0 Å². The van der Waals surface area contributed by atoms with Crippen molar-refractivity contribution in [1.29, 1.82) is 0 Å². The molecule has 0 radical (unpaired) electrons. The summed E-state index contributed by atoms with van der Waals surface area (Å²) in [6.45, 7) is 5.84. The molecule has 0 spiro atoms. The van der Waals surface area contributed by atoms with E-state index >= 15 is 0 Å². The highest BCUT2D eigenvalue weighted by Crippen LogP contribution is 2.23. The van der Waals surface area contributed by atoms with Crippen LogP contribution in [0.2, 0.25) is 0 Å². The smallest absolute Gasteiger partial charge is 0.326 e. The van der Waals surface area contributed by atoms with Crippen molar-refractivity contribution in [2.45, 2.75) is 45.3 Å². The van der Waals surface area contributed by atoms with Gasteiger partial charge in [0.1, 0.15) is 6.04 Å².